The molecule has 0 radical (unpaired) electrons. The number of esters is 1. The smallest absolute Gasteiger partial charge is 0.335 e. The largest absolute Gasteiger partial charge is 0.423 e. The molecule has 0 aliphatic rings. The van der Waals surface area contributed by atoms with Gasteiger partial charge in [-0.15, -0.1) is 11.3 Å². The van der Waals surface area contributed by atoms with Crippen molar-refractivity contribution in [3.05, 3.63) is 77.7 Å². The Bertz CT molecular complexity index is 945. The van der Waals surface area contributed by atoms with Crippen molar-refractivity contribution in [2.45, 2.75) is 6.92 Å². The lowest BCUT2D eigenvalue weighted by Gasteiger charge is -2.05. The van der Waals surface area contributed by atoms with Crippen LogP contribution in [0, 0.1) is 11.3 Å². The van der Waals surface area contributed by atoms with E-state index in [0.29, 0.717) is 10.6 Å². The number of benzene rings is 2. The summed E-state index contributed by atoms with van der Waals surface area (Å²) in [5, 5.41) is 8.92. The molecule has 0 atom stereocenters. The summed E-state index contributed by atoms with van der Waals surface area (Å²) in [6.07, 6.45) is 3.03. The minimum Gasteiger partial charge on any atom is -0.423 e. The number of ether oxygens (including phenoxy) is 1. The summed E-state index contributed by atoms with van der Waals surface area (Å²) < 4.78 is 5.18. The third kappa shape index (κ3) is 4.03. The van der Waals surface area contributed by atoms with Crippen LogP contribution in [0.25, 0.3) is 21.6 Å². The van der Waals surface area contributed by atoms with Crippen LogP contribution in [0.4, 0.5) is 0 Å². The van der Waals surface area contributed by atoms with Gasteiger partial charge in [0.15, 0.2) is 0 Å². The van der Waals surface area contributed by atoms with E-state index in [9.17, 15) is 4.79 Å². The van der Waals surface area contributed by atoms with E-state index in [1.54, 1.807) is 25.1 Å². The van der Waals surface area contributed by atoms with Crippen LogP contribution in [0.15, 0.2) is 72.8 Å². The Balaban J connectivity index is 1.76. The minimum absolute atomic E-state index is 0.382. The zero-order valence-electron chi connectivity index (χ0n) is 13.6. The Morgan fingerprint density at radius 2 is 1.56 bits per heavy atom. The SMILES string of the molecule is C/C=C/C(=O)Oc1ccc(-c2ccc(-c3ccc(C#N)s3)cc2)cc1. The van der Waals surface area contributed by atoms with Gasteiger partial charge in [-0.05, 0) is 47.9 Å². The maximum atomic E-state index is 11.4. The Hall–Kier alpha value is -3.16. The summed E-state index contributed by atoms with van der Waals surface area (Å²) in [5.74, 6) is 0.137. The van der Waals surface area contributed by atoms with E-state index in [1.807, 2.05) is 48.5 Å². The lowest BCUT2D eigenvalue weighted by molar-refractivity contribution is -0.129. The summed E-state index contributed by atoms with van der Waals surface area (Å²) in [7, 11) is 0. The van der Waals surface area contributed by atoms with Crippen molar-refractivity contribution in [1.29, 1.82) is 5.26 Å². The summed E-state index contributed by atoms with van der Waals surface area (Å²) in [4.78, 5) is 13.2. The standard InChI is InChI=1S/C21H15NO2S/c1-2-3-21(23)24-18-10-8-16(9-11-18)15-4-6-17(7-5-15)20-13-12-19(14-22)25-20/h2-13H,1H3/b3-2+. The maximum absolute atomic E-state index is 11.4. The molecule has 25 heavy (non-hydrogen) atoms. The lowest BCUT2D eigenvalue weighted by Crippen LogP contribution is -2.03. The molecule has 0 N–H and O–H groups in total. The molecular formula is C21H15NO2S. The quantitative estimate of drug-likeness (QED) is 0.360. The molecule has 3 nitrogen and oxygen atoms in total. The van der Waals surface area contributed by atoms with Gasteiger partial charge in [0, 0.05) is 11.0 Å². The molecule has 0 bridgehead atoms. The molecular weight excluding hydrogens is 330 g/mol. The molecule has 122 valence electrons. The van der Waals surface area contributed by atoms with E-state index in [0.717, 1.165) is 21.6 Å². The van der Waals surface area contributed by atoms with E-state index in [-0.39, 0.29) is 5.97 Å². The molecule has 0 fully saturated rings. The molecule has 0 saturated carbocycles. The molecule has 0 spiro atoms. The average Bonchev–Trinajstić information content (AvgIpc) is 3.12. The van der Waals surface area contributed by atoms with Gasteiger partial charge in [-0.2, -0.15) is 5.26 Å². The number of hydrogen-bond acceptors (Lipinski definition) is 4. The summed E-state index contributed by atoms with van der Waals surface area (Å²) in [6.45, 7) is 1.77. The van der Waals surface area contributed by atoms with Crippen LogP contribution in [0.3, 0.4) is 0 Å². The zero-order valence-corrected chi connectivity index (χ0v) is 14.4. The highest BCUT2D eigenvalue weighted by Crippen LogP contribution is 2.30. The van der Waals surface area contributed by atoms with Gasteiger partial charge in [-0.25, -0.2) is 4.79 Å². The summed E-state index contributed by atoms with van der Waals surface area (Å²) in [6, 6.07) is 21.5. The Kier molecular flexibility index (Phi) is 5.08. The van der Waals surface area contributed by atoms with Crippen LogP contribution >= 0.6 is 11.3 Å². The predicted octanol–water partition coefficient (Wildman–Crippen LogP) is 5.44. The number of allylic oxidation sites excluding steroid dienone is 1. The molecule has 2 aromatic carbocycles. The first-order chi connectivity index (χ1) is 12.2. The van der Waals surface area contributed by atoms with E-state index >= 15 is 0 Å². The molecule has 4 heteroatoms. The van der Waals surface area contributed by atoms with Gasteiger partial charge in [0.25, 0.3) is 0 Å². The van der Waals surface area contributed by atoms with Crippen molar-refractivity contribution < 1.29 is 9.53 Å². The third-order valence-corrected chi connectivity index (χ3v) is 4.63. The first-order valence-corrected chi connectivity index (χ1v) is 8.56. The van der Waals surface area contributed by atoms with Gasteiger partial charge < -0.3 is 4.74 Å². The van der Waals surface area contributed by atoms with Crippen molar-refractivity contribution in [3.63, 3.8) is 0 Å². The van der Waals surface area contributed by atoms with Gasteiger partial charge in [-0.3, -0.25) is 0 Å². The molecule has 0 saturated heterocycles. The summed E-state index contributed by atoms with van der Waals surface area (Å²) >= 11 is 1.48. The van der Waals surface area contributed by atoms with Crippen molar-refractivity contribution in [1.82, 2.24) is 0 Å². The second kappa shape index (κ2) is 7.61. The second-order valence-electron chi connectivity index (χ2n) is 5.30. The molecule has 0 aliphatic heterocycles. The fraction of sp³-hybridized carbons (Fsp3) is 0.0476. The minimum atomic E-state index is -0.382. The van der Waals surface area contributed by atoms with E-state index in [2.05, 4.69) is 6.07 Å². The van der Waals surface area contributed by atoms with Gasteiger partial charge in [0.2, 0.25) is 0 Å². The van der Waals surface area contributed by atoms with Crippen LogP contribution in [0.1, 0.15) is 11.8 Å². The Labute approximate surface area is 150 Å². The number of carbonyl (C=O) groups excluding carboxylic acids is 1. The third-order valence-electron chi connectivity index (χ3n) is 3.59. The highest BCUT2D eigenvalue weighted by Gasteiger charge is 2.05. The number of nitrogens with zero attached hydrogens (tertiary/aromatic N) is 1. The highest BCUT2D eigenvalue weighted by molar-refractivity contribution is 7.16. The number of carbonyl (C=O) groups is 1. The average molecular weight is 345 g/mol. The monoisotopic (exact) mass is 345 g/mol. The van der Waals surface area contributed by atoms with E-state index < -0.39 is 0 Å². The fourth-order valence-corrected chi connectivity index (χ4v) is 3.19. The first-order valence-electron chi connectivity index (χ1n) is 7.75. The van der Waals surface area contributed by atoms with Crippen LogP contribution < -0.4 is 4.74 Å². The molecule has 0 aliphatic carbocycles. The van der Waals surface area contributed by atoms with Crippen molar-refractivity contribution in [2.24, 2.45) is 0 Å². The first kappa shape index (κ1) is 16.7. The van der Waals surface area contributed by atoms with E-state index in [1.165, 1.54) is 17.4 Å². The molecule has 1 aromatic heterocycles. The normalized spacial score (nSPS) is 10.6. The Morgan fingerprint density at radius 3 is 2.12 bits per heavy atom. The molecule has 3 aromatic rings. The number of thiophene rings is 1. The van der Waals surface area contributed by atoms with Crippen LogP contribution in [-0.4, -0.2) is 5.97 Å². The maximum Gasteiger partial charge on any atom is 0.335 e. The summed E-state index contributed by atoms with van der Waals surface area (Å²) in [5.41, 5.74) is 3.21. The highest BCUT2D eigenvalue weighted by atomic mass is 32.1. The van der Waals surface area contributed by atoms with Crippen molar-refractivity contribution in [3.8, 4) is 33.4 Å². The molecule has 3 rings (SSSR count). The van der Waals surface area contributed by atoms with Crippen molar-refractivity contribution >= 4 is 17.3 Å². The van der Waals surface area contributed by atoms with Gasteiger partial charge in [-0.1, -0.05) is 42.5 Å². The predicted molar refractivity (Wildman–Crippen MR) is 100 cm³/mol. The fourth-order valence-electron chi connectivity index (χ4n) is 2.38. The van der Waals surface area contributed by atoms with Crippen LogP contribution in [-0.2, 0) is 4.79 Å². The van der Waals surface area contributed by atoms with Gasteiger partial charge in [0.1, 0.15) is 16.7 Å². The number of hydrogen-bond donors (Lipinski definition) is 0. The zero-order chi connectivity index (χ0) is 17.6. The van der Waals surface area contributed by atoms with E-state index in [4.69, 9.17) is 10.00 Å². The molecule has 1 heterocycles. The van der Waals surface area contributed by atoms with Crippen LogP contribution in [0.5, 0.6) is 5.75 Å². The van der Waals surface area contributed by atoms with Gasteiger partial charge in [0.05, 0.1) is 0 Å². The van der Waals surface area contributed by atoms with Crippen LogP contribution in [0.2, 0.25) is 0 Å². The Morgan fingerprint density at radius 1 is 0.960 bits per heavy atom. The molecule has 0 unspecified atom stereocenters. The molecule has 0 amide bonds. The second-order valence-corrected chi connectivity index (χ2v) is 6.38. The number of rotatable bonds is 4. The topological polar surface area (TPSA) is 50.1 Å². The van der Waals surface area contributed by atoms with Gasteiger partial charge >= 0.3 is 5.97 Å². The van der Waals surface area contributed by atoms with Crippen molar-refractivity contribution in [2.75, 3.05) is 0 Å². The number of nitriles is 1. The lowest BCUT2D eigenvalue weighted by atomic mass is 10.0.